The standard InChI is InChI=1S/C31H57N5O6/c1-25(2)24-42-30(38)33-29(36-16-19-41-20-17-36)32-27(23-26-9-6-5-7-10-26)28(37)34-31(3)11-14-35(15-12-31)13-8-18-40-22-21-39-4/h25-27H,5-24H2,1-4H3,(H,34,37)(H,32,33,38)/t27-/m0/s1. The van der Waals surface area contributed by atoms with Gasteiger partial charge in [0.15, 0.2) is 0 Å². The highest BCUT2D eigenvalue weighted by Gasteiger charge is 2.35. The third-order valence-electron chi connectivity index (χ3n) is 8.51. The van der Waals surface area contributed by atoms with Crippen LogP contribution in [0.3, 0.4) is 0 Å². The summed E-state index contributed by atoms with van der Waals surface area (Å²) in [6, 6.07) is -0.574. The number of hydrogen-bond acceptors (Lipinski definition) is 8. The van der Waals surface area contributed by atoms with E-state index in [1.54, 1.807) is 7.11 Å². The van der Waals surface area contributed by atoms with Gasteiger partial charge in [0.2, 0.25) is 11.9 Å². The molecule has 0 spiro atoms. The Bertz CT molecular complexity index is 821. The molecule has 2 heterocycles. The molecule has 2 aliphatic heterocycles. The second-order valence-corrected chi connectivity index (χ2v) is 12.8. The van der Waals surface area contributed by atoms with Gasteiger partial charge in [0.05, 0.1) is 33.0 Å². The average Bonchev–Trinajstić information content (AvgIpc) is 2.99. The van der Waals surface area contributed by atoms with E-state index in [1.165, 1.54) is 19.3 Å². The van der Waals surface area contributed by atoms with Crippen LogP contribution in [0.4, 0.5) is 4.79 Å². The van der Waals surface area contributed by atoms with Gasteiger partial charge < -0.3 is 34.1 Å². The molecule has 1 atom stereocenters. The Balaban J connectivity index is 1.65. The smallest absolute Gasteiger partial charge is 0.413 e. The van der Waals surface area contributed by atoms with E-state index in [0.29, 0.717) is 64.4 Å². The molecule has 3 aliphatic rings. The topological polar surface area (TPSA) is 114 Å². The fourth-order valence-electron chi connectivity index (χ4n) is 5.85. The molecular weight excluding hydrogens is 538 g/mol. The van der Waals surface area contributed by atoms with Gasteiger partial charge >= 0.3 is 6.09 Å². The van der Waals surface area contributed by atoms with Gasteiger partial charge in [-0.25, -0.2) is 9.79 Å². The van der Waals surface area contributed by atoms with Crippen LogP contribution in [0.15, 0.2) is 4.99 Å². The number of morpholine rings is 1. The molecule has 11 heteroatoms. The maximum absolute atomic E-state index is 13.9. The van der Waals surface area contributed by atoms with Crippen molar-refractivity contribution >= 4 is 18.0 Å². The van der Waals surface area contributed by atoms with E-state index >= 15 is 0 Å². The molecule has 0 radical (unpaired) electrons. The molecule has 11 nitrogen and oxygen atoms in total. The van der Waals surface area contributed by atoms with Gasteiger partial charge in [-0.2, -0.15) is 0 Å². The molecule has 242 valence electrons. The summed E-state index contributed by atoms with van der Waals surface area (Å²) in [5.74, 6) is 1.05. The van der Waals surface area contributed by atoms with Crippen molar-refractivity contribution in [2.75, 3.05) is 79.5 Å². The van der Waals surface area contributed by atoms with Gasteiger partial charge in [-0.15, -0.1) is 0 Å². The summed E-state index contributed by atoms with van der Waals surface area (Å²) in [4.78, 5) is 36.1. The van der Waals surface area contributed by atoms with Gasteiger partial charge in [-0.05, 0) is 44.4 Å². The molecule has 2 amide bonds. The van der Waals surface area contributed by atoms with Crippen LogP contribution in [-0.2, 0) is 23.7 Å². The Labute approximate surface area is 253 Å². The van der Waals surface area contributed by atoms with Crippen LogP contribution in [0.5, 0.6) is 0 Å². The normalized spacial score (nSPS) is 21.3. The van der Waals surface area contributed by atoms with Crippen LogP contribution in [0.2, 0.25) is 0 Å². The number of aliphatic imine (C=N–C) groups is 1. The minimum Gasteiger partial charge on any atom is -0.449 e. The number of piperidine rings is 1. The molecule has 1 saturated carbocycles. The summed E-state index contributed by atoms with van der Waals surface area (Å²) in [5, 5.41) is 6.27. The zero-order valence-electron chi connectivity index (χ0n) is 26.7. The zero-order chi connectivity index (χ0) is 30.2. The van der Waals surface area contributed by atoms with Crippen molar-refractivity contribution in [1.82, 2.24) is 20.4 Å². The van der Waals surface area contributed by atoms with E-state index in [0.717, 1.165) is 58.3 Å². The molecule has 0 aromatic heterocycles. The molecule has 42 heavy (non-hydrogen) atoms. The predicted molar refractivity (Wildman–Crippen MR) is 164 cm³/mol. The number of hydrogen-bond donors (Lipinski definition) is 2. The van der Waals surface area contributed by atoms with Crippen LogP contribution in [0.25, 0.3) is 0 Å². The first-order valence-electron chi connectivity index (χ1n) is 16.2. The maximum Gasteiger partial charge on any atom is 0.413 e. The lowest BCUT2D eigenvalue weighted by Crippen LogP contribution is -2.56. The summed E-state index contributed by atoms with van der Waals surface area (Å²) >= 11 is 0. The third kappa shape index (κ3) is 12.7. The quantitative estimate of drug-likeness (QED) is 0.178. The third-order valence-corrected chi connectivity index (χ3v) is 8.51. The zero-order valence-corrected chi connectivity index (χ0v) is 26.7. The summed E-state index contributed by atoms with van der Waals surface area (Å²) in [6.07, 6.45) is 8.82. The van der Waals surface area contributed by atoms with Crippen molar-refractivity contribution in [3.8, 4) is 0 Å². The Kier molecular flexibility index (Phi) is 15.3. The van der Waals surface area contributed by atoms with E-state index in [4.69, 9.17) is 23.9 Å². The highest BCUT2D eigenvalue weighted by Crippen LogP contribution is 2.29. The number of carbonyl (C=O) groups excluding carboxylic acids is 2. The number of nitrogens with one attached hydrogen (secondary N) is 2. The van der Waals surface area contributed by atoms with E-state index in [-0.39, 0.29) is 17.4 Å². The fourth-order valence-corrected chi connectivity index (χ4v) is 5.85. The number of guanidine groups is 1. The SMILES string of the molecule is COCCOCCCN1CCC(C)(NC(=O)[C@H](CC2CCCCC2)N=C(NC(=O)OCC(C)C)N2CCOCC2)CC1. The first-order chi connectivity index (χ1) is 20.3. The number of amides is 2. The molecule has 0 aromatic rings. The number of methoxy groups -OCH3 is 1. The fraction of sp³-hybridized carbons (Fsp3) is 0.903. The summed E-state index contributed by atoms with van der Waals surface area (Å²) in [7, 11) is 1.68. The highest BCUT2D eigenvalue weighted by atomic mass is 16.5. The molecule has 0 unspecified atom stereocenters. The molecule has 0 aromatic carbocycles. The van der Waals surface area contributed by atoms with E-state index in [1.807, 2.05) is 18.7 Å². The van der Waals surface area contributed by atoms with Crippen molar-refractivity contribution in [1.29, 1.82) is 0 Å². The average molecular weight is 596 g/mol. The van der Waals surface area contributed by atoms with Crippen LogP contribution in [0, 0.1) is 11.8 Å². The molecule has 3 rings (SSSR count). The number of nitrogens with zero attached hydrogens (tertiary/aromatic N) is 3. The van der Waals surface area contributed by atoms with Crippen molar-refractivity contribution < 1.29 is 28.5 Å². The lowest BCUT2D eigenvalue weighted by molar-refractivity contribution is -0.125. The Morgan fingerprint density at radius 2 is 1.74 bits per heavy atom. The number of rotatable bonds is 14. The Hall–Kier alpha value is -1.95. The lowest BCUT2D eigenvalue weighted by atomic mass is 9.84. The van der Waals surface area contributed by atoms with Crippen LogP contribution in [0.1, 0.15) is 78.6 Å². The summed E-state index contributed by atoms with van der Waals surface area (Å²) in [5.41, 5.74) is -0.286. The number of carbonyl (C=O) groups is 2. The monoisotopic (exact) mass is 595 g/mol. The number of ether oxygens (including phenoxy) is 4. The van der Waals surface area contributed by atoms with Gasteiger partial charge in [0, 0.05) is 52.0 Å². The minimum atomic E-state index is -0.574. The van der Waals surface area contributed by atoms with Gasteiger partial charge in [0.1, 0.15) is 6.04 Å². The van der Waals surface area contributed by atoms with Crippen molar-refractivity contribution in [2.24, 2.45) is 16.8 Å². The van der Waals surface area contributed by atoms with Crippen LogP contribution >= 0.6 is 0 Å². The van der Waals surface area contributed by atoms with Gasteiger partial charge in [-0.1, -0.05) is 46.0 Å². The molecule has 3 fully saturated rings. The van der Waals surface area contributed by atoms with Gasteiger partial charge in [-0.3, -0.25) is 10.1 Å². The van der Waals surface area contributed by atoms with Gasteiger partial charge in [0.25, 0.3) is 0 Å². The molecular formula is C31H57N5O6. The maximum atomic E-state index is 13.9. The first kappa shape index (κ1) is 34.5. The molecule has 2 saturated heterocycles. The van der Waals surface area contributed by atoms with E-state index in [2.05, 4.69) is 22.5 Å². The second kappa shape index (κ2) is 18.7. The Morgan fingerprint density at radius 1 is 1.02 bits per heavy atom. The van der Waals surface area contributed by atoms with E-state index in [9.17, 15) is 9.59 Å². The predicted octanol–water partition coefficient (Wildman–Crippen LogP) is 3.42. The molecule has 2 N–H and O–H groups in total. The summed E-state index contributed by atoms with van der Waals surface area (Å²) < 4.78 is 21.6. The largest absolute Gasteiger partial charge is 0.449 e. The molecule has 1 aliphatic carbocycles. The highest BCUT2D eigenvalue weighted by molar-refractivity contribution is 5.96. The number of likely N-dealkylation sites (tertiary alicyclic amines) is 1. The minimum absolute atomic E-state index is 0.0498. The van der Waals surface area contributed by atoms with Crippen molar-refractivity contribution in [3.63, 3.8) is 0 Å². The second-order valence-electron chi connectivity index (χ2n) is 12.8. The lowest BCUT2D eigenvalue weighted by Gasteiger charge is -2.40. The first-order valence-corrected chi connectivity index (χ1v) is 16.2. The number of alkyl carbamates (subject to hydrolysis) is 1. The van der Waals surface area contributed by atoms with Crippen molar-refractivity contribution in [2.45, 2.75) is 90.1 Å². The van der Waals surface area contributed by atoms with Crippen molar-refractivity contribution in [3.05, 3.63) is 0 Å². The Morgan fingerprint density at radius 3 is 2.40 bits per heavy atom. The van der Waals surface area contributed by atoms with E-state index < -0.39 is 12.1 Å². The van der Waals surface area contributed by atoms with Crippen LogP contribution < -0.4 is 10.6 Å². The summed E-state index contributed by atoms with van der Waals surface area (Å²) in [6.45, 7) is 13.6. The van der Waals surface area contributed by atoms with Crippen LogP contribution in [-0.4, -0.2) is 119 Å². The molecule has 0 bridgehead atoms.